The van der Waals surface area contributed by atoms with Crippen LogP contribution in [0.5, 0.6) is 0 Å². The minimum absolute atomic E-state index is 0.103. The summed E-state index contributed by atoms with van der Waals surface area (Å²) in [6, 6.07) is 21.8. The van der Waals surface area contributed by atoms with Gasteiger partial charge in [-0.2, -0.15) is 0 Å². The van der Waals surface area contributed by atoms with Gasteiger partial charge in [0.25, 0.3) is 0 Å². The van der Waals surface area contributed by atoms with Crippen molar-refractivity contribution in [3.8, 4) is 23.0 Å². The molecular weight excluding hydrogens is 669 g/mol. The molecule has 0 spiro atoms. The van der Waals surface area contributed by atoms with Crippen molar-refractivity contribution in [2.75, 3.05) is 20.2 Å². The molecule has 53 heavy (non-hydrogen) atoms. The normalized spacial score (nSPS) is 18.1. The van der Waals surface area contributed by atoms with Gasteiger partial charge in [0.15, 0.2) is 0 Å². The zero-order valence-electron chi connectivity index (χ0n) is 30.1. The topological polar surface area (TPSA) is 162 Å². The maximum absolute atomic E-state index is 13.6. The number of rotatable bonds is 8. The second-order valence-electron chi connectivity index (χ2n) is 14.0. The number of nitrogens with two attached hydrogens (primary N) is 1. The first kappa shape index (κ1) is 35.5. The Bertz CT molecular complexity index is 2160. The van der Waals surface area contributed by atoms with E-state index in [0.717, 1.165) is 70.6 Å². The van der Waals surface area contributed by atoms with Crippen molar-refractivity contribution in [1.82, 2.24) is 35.1 Å². The van der Waals surface area contributed by atoms with E-state index in [1.807, 2.05) is 90.4 Å². The zero-order chi connectivity index (χ0) is 37.1. The lowest BCUT2D eigenvalue weighted by Gasteiger charge is -2.29. The monoisotopic (exact) mass is 712 g/mol. The number of H-pyrrole nitrogens is 2. The third-order valence-corrected chi connectivity index (χ3v) is 10.2. The molecule has 12 heteroatoms. The average molecular weight is 713 g/mol. The number of aromatic nitrogens is 4. The number of likely N-dealkylation sites (tertiary alicyclic amines) is 2. The van der Waals surface area contributed by atoms with E-state index in [4.69, 9.17) is 15.5 Å². The number of hydrogen-bond donors (Lipinski definition) is 4. The van der Waals surface area contributed by atoms with Gasteiger partial charge in [0.1, 0.15) is 29.4 Å². The number of ether oxygens (including phenoxy) is 1. The molecule has 0 radical (unpaired) electrons. The molecule has 5 aromatic rings. The molecule has 3 aromatic carbocycles. The van der Waals surface area contributed by atoms with E-state index in [9.17, 15) is 14.4 Å². The summed E-state index contributed by atoms with van der Waals surface area (Å²) in [4.78, 5) is 58.7. The number of alkyl carbamates (subject to hydrolysis) is 1. The minimum Gasteiger partial charge on any atom is -0.453 e. The Kier molecular flexibility index (Phi) is 10.3. The molecule has 2 aliphatic rings. The van der Waals surface area contributed by atoms with Gasteiger partial charge in [-0.3, -0.25) is 9.59 Å². The summed E-state index contributed by atoms with van der Waals surface area (Å²) in [7, 11) is 1.29. The van der Waals surface area contributed by atoms with Gasteiger partial charge in [0, 0.05) is 18.7 Å². The number of amides is 3. The van der Waals surface area contributed by atoms with Crippen molar-refractivity contribution in [2.24, 2.45) is 11.7 Å². The number of carbonyl (C=O) groups is 3. The number of fused-ring (bicyclic) bond motifs is 1. The molecule has 4 atom stereocenters. The molecule has 0 unspecified atom stereocenters. The second-order valence-corrected chi connectivity index (χ2v) is 14.0. The molecule has 2 aromatic heterocycles. The number of hydrogen-bond acceptors (Lipinski definition) is 7. The van der Waals surface area contributed by atoms with Gasteiger partial charge >= 0.3 is 6.09 Å². The SMILES string of the molecule is COC(=O)N[C@H](C(=O)N1CCC[C@H]1c1nc2ccc(-c3ccc(C#Cc4cnc([C@@H]5CCCN5C(=O)[C@H](N)c5ccccc5)[nH]4)cc3)cc2[nH]1)C(C)C. The summed E-state index contributed by atoms with van der Waals surface area (Å²) in [6.07, 6.45) is 4.43. The third-order valence-electron chi connectivity index (χ3n) is 10.2. The Morgan fingerprint density at radius 3 is 2.25 bits per heavy atom. The predicted octanol–water partition coefficient (Wildman–Crippen LogP) is 5.76. The fraction of sp³-hybridized carbons (Fsp3) is 0.341. The Hall–Kier alpha value is -5.93. The van der Waals surface area contributed by atoms with Crippen molar-refractivity contribution in [3.63, 3.8) is 0 Å². The Morgan fingerprint density at radius 2 is 1.55 bits per heavy atom. The Balaban J connectivity index is 1.02. The van der Waals surface area contributed by atoms with Crippen LogP contribution in [0, 0.1) is 17.8 Å². The van der Waals surface area contributed by atoms with Gasteiger partial charge in [0.05, 0.1) is 36.4 Å². The molecule has 3 amide bonds. The maximum atomic E-state index is 13.6. The number of carbonyl (C=O) groups excluding carboxylic acids is 3. The lowest BCUT2D eigenvalue weighted by Crippen LogP contribution is -2.51. The van der Waals surface area contributed by atoms with Crippen LogP contribution in [0.1, 0.15) is 86.1 Å². The average Bonchev–Trinajstić information content (AvgIpc) is 4.01. The standard InChI is InChI=1S/C41H44N8O4/c1-25(2)36(47-41(52)53-3)40(51)49-22-8-12-34(49)38-45-31-20-18-29(23-32(31)46-38)27-16-13-26(14-17-27)15-19-30-24-43-37(44-30)33-11-7-21-48(33)39(50)35(42)28-9-5-4-6-10-28/h4-6,9-10,13-14,16-18,20,23-25,33-36H,7-8,11-12,21-22,42H2,1-3H3,(H,43,44)(H,45,46)(H,47,52)/t33-,34-,35+,36-/m0/s1. The molecule has 5 N–H and O–H groups in total. The van der Waals surface area contributed by atoms with Crippen molar-refractivity contribution < 1.29 is 19.1 Å². The zero-order valence-corrected chi connectivity index (χ0v) is 30.1. The summed E-state index contributed by atoms with van der Waals surface area (Å²) in [5.74, 6) is 7.52. The number of nitrogens with zero attached hydrogens (tertiary/aromatic N) is 4. The van der Waals surface area contributed by atoms with Gasteiger partial charge in [-0.05, 0) is 78.5 Å². The first-order chi connectivity index (χ1) is 25.7. The number of imidazole rings is 2. The van der Waals surface area contributed by atoms with Crippen molar-refractivity contribution >= 4 is 28.9 Å². The van der Waals surface area contributed by atoms with Crippen LogP contribution in [-0.4, -0.2) is 73.9 Å². The highest BCUT2D eigenvalue weighted by Crippen LogP contribution is 2.34. The summed E-state index contributed by atoms with van der Waals surface area (Å²) >= 11 is 0. The van der Waals surface area contributed by atoms with E-state index in [-0.39, 0.29) is 29.8 Å². The van der Waals surface area contributed by atoms with E-state index in [0.29, 0.717) is 18.8 Å². The van der Waals surface area contributed by atoms with Crippen LogP contribution in [-0.2, 0) is 14.3 Å². The number of nitrogens with one attached hydrogen (secondary N) is 3. The smallest absolute Gasteiger partial charge is 0.407 e. The predicted molar refractivity (Wildman–Crippen MR) is 201 cm³/mol. The molecule has 2 fully saturated rings. The quantitative estimate of drug-likeness (QED) is 0.149. The molecule has 0 aliphatic carbocycles. The Morgan fingerprint density at radius 1 is 0.868 bits per heavy atom. The van der Waals surface area contributed by atoms with Crippen molar-refractivity contribution in [3.05, 3.63) is 107 Å². The van der Waals surface area contributed by atoms with Gasteiger partial charge in [-0.25, -0.2) is 14.8 Å². The van der Waals surface area contributed by atoms with Gasteiger partial charge < -0.3 is 35.6 Å². The molecule has 0 bridgehead atoms. The molecular formula is C41H44N8O4. The van der Waals surface area contributed by atoms with Gasteiger partial charge in [-0.1, -0.05) is 68.3 Å². The second kappa shape index (κ2) is 15.4. The summed E-state index contributed by atoms with van der Waals surface area (Å²) in [5, 5.41) is 2.70. The van der Waals surface area contributed by atoms with Gasteiger partial charge in [0.2, 0.25) is 11.8 Å². The Labute approximate surface area is 308 Å². The van der Waals surface area contributed by atoms with Crippen LogP contribution in [0.25, 0.3) is 22.2 Å². The number of benzene rings is 3. The van der Waals surface area contributed by atoms with E-state index in [2.05, 4.69) is 38.2 Å². The van der Waals surface area contributed by atoms with Crippen LogP contribution in [0.3, 0.4) is 0 Å². The summed E-state index contributed by atoms with van der Waals surface area (Å²) < 4.78 is 4.76. The summed E-state index contributed by atoms with van der Waals surface area (Å²) in [5.41, 5.74) is 12.4. The van der Waals surface area contributed by atoms with E-state index < -0.39 is 18.2 Å². The minimum atomic E-state index is -0.713. The lowest BCUT2D eigenvalue weighted by atomic mass is 10.0. The van der Waals surface area contributed by atoms with Crippen molar-refractivity contribution in [2.45, 2.75) is 63.7 Å². The van der Waals surface area contributed by atoms with Crippen LogP contribution in [0.2, 0.25) is 0 Å². The molecule has 12 nitrogen and oxygen atoms in total. The number of aromatic amines is 2. The van der Waals surface area contributed by atoms with Crippen molar-refractivity contribution in [1.29, 1.82) is 0 Å². The molecule has 2 aliphatic heterocycles. The number of methoxy groups -OCH3 is 1. The van der Waals surface area contributed by atoms with E-state index >= 15 is 0 Å². The van der Waals surface area contributed by atoms with E-state index in [1.165, 1.54) is 7.11 Å². The van der Waals surface area contributed by atoms with Crippen LogP contribution in [0.15, 0.2) is 79.0 Å². The molecule has 4 heterocycles. The lowest BCUT2D eigenvalue weighted by molar-refractivity contribution is -0.135. The fourth-order valence-electron chi connectivity index (χ4n) is 7.31. The fourth-order valence-corrected chi connectivity index (χ4v) is 7.31. The maximum Gasteiger partial charge on any atom is 0.407 e. The highest BCUT2D eigenvalue weighted by atomic mass is 16.5. The molecule has 272 valence electrons. The largest absolute Gasteiger partial charge is 0.453 e. The third kappa shape index (κ3) is 7.52. The van der Waals surface area contributed by atoms with Crippen LogP contribution < -0.4 is 11.1 Å². The first-order valence-corrected chi connectivity index (χ1v) is 18.1. The molecule has 2 saturated heterocycles. The summed E-state index contributed by atoms with van der Waals surface area (Å²) in [6.45, 7) is 5.04. The highest BCUT2D eigenvalue weighted by Gasteiger charge is 2.38. The first-order valence-electron chi connectivity index (χ1n) is 18.1. The highest BCUT2D eigenvalue weighted by molar-refractivity contribution is 5.87. The molecule has 0 saturated carbocycles. The van der Waals surface area contributed by atoms with E-state index in [1.54, 1.807) is 6.20 Å². The van der Waals surface area contributed by atoms with Crippen LogP contribution in [0.4, 0.5) is 4.79 Å². The van der Waals surface area contributed by atoms with Gasteiger partial charge in [-0.15, -0.1) is 0 Å². The molecule has 7 rings (SSSR count). The van der Waals surface area contributed by atoms with Crippen LogP contribution >= 0.6 is 0 Å².